The smallest absolute Gasteiger partial charge is 0.268 e. The van der Waals surface area contributed by atoms with Crippen LogP contribution >= 0.6 is 0 Å². The summed E-state index contributed by atoms with van der Waals surface area (Å²) in [6.45, 7) is 3.31. The van der Waals surface area contributed by atoms with Crippen LogP contribution in [-0.4, -0.2) is 29.6 Å². The SMILES string of the molecule is Cc1ccc(C(=O)NC2CNCCC2c2ccc(F)c(F)c2)n1C. The Labute approximate surface area is 139 Å². The highest BCUT2D eigenvalue weighted by molar-refractivity contribution is 5.93. The zero-order valence-corrected chi connectivity index (χ0v) is 13.8. The quantitative estimate of drug-likeness (QED) is 0.906. The van der Waals surface area contributed by atoms with Crippen LogP contribution in [0.5, 0.6) is 0 Å². The van der Waals surface area contributed by atoms with Crippen molar-refractivity contribution in [2.24, 2.45) is 7.05 Å². The van der Waals surface area contributed by atoms with E-state index in [2.05, 4.69) is 10.6 Å². The normalized spacial score (nSPS) is 20.8. The van der Waals surface area contributed by atoms with Gasteiger partial charge in [0.15, 0.2) is 11.6 Å². The van der Waals surface area contributed by atoms with Crippen LogP contribution in [-0.2, 0) is 7.05 Å². The third-order valence-corrected chi connectivity index (χ3v) is 4.78. The monoisotopic (exact) mass is 333 g/mol. The summed E-state index contributed by atoms with van der Waals surface area (Å²) in [5.41, 5.74) is 2.30. The lowest BCUT2D eigenvalue weighted by Crippen LogP contribution is -2.50. The molecule has 1 amide bonds. The third kappa shape index (κ3) is 3.19. The maximum absolute atomic E-state index is 13.6. The fourth-order valence-electron chi connectivity index (χ4n) is 3.24. The van der Waals surface area contributed by atoms with Crippen LogP contribution in [0.3, 0.4) is 0 Å². The Hall–Kier alpha value is -2.21. The molecule has 1 aliphatic rings. The number of nitrogens with one attached hydrogen (secondary N) is 2. The molecule has 1 fully saturated rings. The molecule has 2 aromatic rings. The molecule has 1 saturated heterocycles. The van der Waals surface area contributed by atoms with Crippen molar-refractivity contribution in [2.75, 3.05) is 13.1 Å². The van der Waals surface area contributed by atoms with Gasteiger partial charge in [-0.1, -0.05) is 6.07 Å². The molecule has 0 saturated carbocycles. The number of piperidine rings is 1. The van der Waals surface area contributed by atoms with Gasteiger partial charge in [-0.25, -0.2) is 8.78 Å². The summed E-state index contributed by atoms with van der Waals surface area (Å²) in [6.07, 6.45) is 0.752. The van der Waals surface area contributed by atoms with E-state index >= 15 is 0 Å². The van der Waals surface area contributed by atoms with Crippen LogP contribution in [0.25, 0.3) is 0 Å². The van der Waals surface area contributed by atoms with Gasteiger partial charge in [0.25, 0.3) is 5.91 Å². The highest BCUT2D eigenvalue weighted by Gasteiger charge is 2.29. The Kier molecular flexibility index (Phi) is 4.66. The number of hydrogen-bond acceptors (Lipinski definition) is 2. The van der Waals surface area contributed by atoms with Gasteiger partial charge < -0.3 is 15.2 Å². The number of carbonyl (C=O) groups is 1. The van der Waals surface area contributed by atoms with E-state index in [-0.39, 0.29) is 17.9 Å². The molecule has 24 heavy (non-hydrogen) atoms. The van der Waals surface area contributed by atoms with Crippen molar-refractivity contribution < 1.29 is 13.6 Å². The van der Waals surface area contributed by atoms with Gasteiger partial charge in [-0.15, -0.1) is 0 Å². The lowest BCUT2D eigenvalue weighted by molar-refractivity contribution is 0.0916. The largest absolute Gasteiger partial charge is 0.346 e. The van der Waals surface area contributed by atoms with Crippen molar-refractivity contribution in [1.29, 1.82) is 0 Å². The summed E-state index contributed by atoms with van der Waals surface area (Å²) in [5, 5.41) is 6.28. The van der Waals surface area contributed by atoms with Crippen molar-refractivity contribution in [1.82, 2.24) is 15.2 Å². The van der Waals surface area contributed by atoms with Crippen LogP contribution in [0.4, 0.5) is 8.78 Å². The molecule has 2 heterocycles. The van der Waals surface area contributed by atoms with E-state index in [1.54, 1.807) is 12.1 Å². The molecular weight excluding hydrogens is 312 g/mol. The first-order valence-corrected chi connectivity index (χ1v) is 8.06. The zero-order chi connectivity index (χ0) is 17.3. The van der Waals surface area contributed by atoms with E-state index in [9.17, 15) is 13.6 Å². The number of carbonyl (C=O) groups excluding carboxylic acids is 1. The molecule has 2 N–H and O–H groups in total. The molecule has 1 aromatic carbocycles. The summed E-state index contributed by atoms with van der Waals surface area (Å²) < 4.78 is 28.6. The Morgan fingerprint density at radius 1 is 1.25 bits per heavy atom. The van der Waals surface area contributed by atoms with Crippen LogP contribution < -0.4 is 10.6 Å². The van der Waals surface area contributed by atoms with Gasteiger partial charge in [-0.05, 0) is 49.7 Å². The van der Waals surface area contributed by atoms with Gasteiger partial charge >= 0.3 is 0 Å². The molecular formula is C18H21F2N3O. The summed E-state index contributed by atoms with van der Waals surface area (Å²) in [6, 6.07) is 7.48. The maximum Gasteiger partial charge on any atom is 0.268 e. The minimum Gasteiger partial charge on any atom is -0.346 e. The molecule has 2 atom stereocenters. The topological polar surface area (TPSA) is 46.1 Å². The molecule has 0 spiro atoms. The summed E-state index contributed by atoms with van der Waals surface area (Å²) in [5.74, 6) is -1.92. The Morgan fingerprint density at radius 3 is 2.71 bits per heavy atom. The lowest BCUT2D eigenvalue weighted by Gasteiger charge is -2.33. The summed E-state index contributed by atoms with van der Waals surface area (Å²) in [7, 11) is 1.84. The van der Waals surface area contributed by atoms with Crippen molar-refractivity contribution in [3.05, 3.63) is 58.9 Å². The second-order valence-electron chi connectivity index (χ2n) is 6.27. The number of hydrogen-bond donors (Lipinski definition) is 2. The fourth-order valence-corrected chi connectivity index (χ4v) is 3.24. The van der Waals surface area contributed by atoms with Crippen LogP contribution in [0.15, 0.2) is 30.3 Å². The standard InChI is InChI=1S/C18H21F2N3O/c1-11-3-6-17(23(11)2)18(24)22-16-10-21-8-7-13(16)12-4-5-14(19)15(20)9-12/h3-6,9,13,16,21H,7-8,10H2,1-2H3,(H,22,24). The van der Waals surface area contributed by atoms with Crippen LogP contribution in [0.1, 0.15) is 34.1 Å². The fraction of sp³-hybridized carbons (Fsp3) is 0.389. The first-order valence-electron chi connectivity index (χ1n) is 8.06. The second kappa shape index (κ2) is 6.73. The molecule has 0 aliphatic carbocycles. The molecule has 1 aliphatic heterocycles. The van der Waals surface area contributed by atoms with Crippen molar-refractivity contribution >= 4 is 5.91 Å². The first kappa shape index (κ1) is 16.6. The number of aromatic nitrogens is 1. The number of nitrogens with zero attached hydrogens (tertiary/aromatic N) is 1. The van der Waals surface area contributed by atoms with Crippen molar-refractivity contribution in [3.63, 3.8) is 0 Å². The minimum absolute atomic E-state index is 0.0494. The molecule has 1 aromatic heterocycles. The minimum atomic E-state index is -0.854. The van der Waals surface area contributed by atoms with Crippen molar-refractivity contribution in [2.45, 2.75) is 25.3 Å². The van der Waals surface area contributed by atoms with Crippen LogP contribution in [0.2, 0.25) is 0 Å². The van der Waals surface area contributed by atoms with E-state index in [0.717, 1.165) is 24.7 Å². The first-order chi connectivity index (χ1) is 11.5. The van der Waals surface area contributed by atoms with Gasteiger partial charge in [0.1, 0.15) is 5.69 Å². The predicted molar refractivity (Wildman–Crippen MR) is 88.0 cm³/mol. The number of halogens is 2. The van der Waals surface area contributed by atoms with Crippen LogP contribution in [0, 0.1) is 18.6 Å². The average molecular weight is 333 g/mol. The highest BCUT2D eigenvalue weighted by atomic mass is 19.2. The predicted octanol–water partition coefficient (Wildman–Crippen LogP) is 2.49. The van der Waals surface area contributed by atoms with Gasteiger partial charge in [0.2, 0.25) is 0 Å². The molecule has 4 nitrogen and oxygen atoms in total. The van der Waals surface area contributed by atoms with Gasteiger partial charge in [-0.2, -0.15) is 0 Å². The average Bonchev–Trinajstić information content (AvgIpc) is 2.90. The number of aryl methyl sites for hydroxylation is 1. The van der Waals surface area contributed by atoms with E-state index in [4.69, 9.17) is 0 Å². The van der Waals surface area contributed by atoms with E-state index in [1.165, 1.54) is 6.07 Å². The Morgan fingerprint density at radius 2 is 2.04 bits per heavy atom. The number of benzene rings is 1. The number of rotatable bonds is 3. The molecule has 0 radical (unpaired) electrons. The van der Waals surface area contributed by atoms with E-state index in [0.29, 0.717) is 17.8 Å². The molecule has 0 bridgehead atoms. The van der Waals surface area contributed by atoms with E-state index < -0.39 is 11.6 Å². The Balaban J connectivity index is 1.80. The van der Waals surface area contributed by atoms with Crippen molar-refractivity contribution in [3.8, 4) is 0 Å². The Bertz CT molecular complexity index is 757. The zero-order valence-electron chi connectivity index (χ0n) is 13.8. The second-order valence-corrected chi connectivity index (χ2v) is 6.27. The molecule has 128 valence electrons. The third-order valence-electron chi connectivity index (χ3n) is 4.78. The summed E-state index contributed by atoms with van der Waals surface area (Å²) in [4.78, 5) is 12.6. The van der Waals surface area contributed by atoms with Gasteiger partial charge in [-0.3, -0.25) is 4.79 Å². The highest BCUT2D eigenvalue weighted by Crippen LogP contribution is 2.27. The van der Waals surface area contributed by atoms with E-state index in [1.807, 2.05) is 24.6 Å². The maximum atomic E-state index is 13.6. The van der Waals surface area contributed by atoms with Gasteiger partial charge in [0, 0.05) is 31.2 Å². The van der Waals surface area contributed by atoms with Gasteiger partial charge in [0.05, 0.1) is 0 Å². The summed E-state index contributed by atoms with van der Waals surface area (Å²) >= 11 is 0. The lowest BCUT2D eigenvalue weighted by atomic mass is 9.86. The molecule has 3 rings (SSSR count). The molecule has 6 heteroatoms. The number of amides is 1. The molecule has 2 unspecified atom stereocenters.